The Bertz CT molecular complexity index is 308. The van der Waals surface area contributed by atoms with Crippen molar-refractivity contribution in [3.63, 3.8) is 0 Å². The molecule has 1 atom stereocenters. The number of rotatable bonds is 4. The smallest absolute Gasteiger partial charge is 0.129 e. The lowest BCUT2D eigenvalue weighted by Gasteiger charge is -2.18. The van der Waals surface area contributed by atoms with Crippen LogP contribution in [-0.2, 0) is 0 Å². The van der Waals surface area contributed by atoms with E-state index >= 15 is 0 Å². The van der Waals surface area contributed by atoms with E-state index in [-0.39, 0.29) is 11.9 Å². The molecular formula is C11H15F2NO. The van der Waals surface area contributed by atoms with Crippen molar-refractivity contribution >= 4 is 0 Å². The van der Waals surface area contributed by atoms with Crippen LogP contribution in [0.4, 0.5) is 8.78 Å². The number of ether oxygens (including phenoxy) is 1. The van der Waals surface area contributed by atoms with E-state index in [4.69, 9.17) is 4.74 Å². The van der Waals surface area contributed by atoms with Crippen LogP contribution in [0.2, 0.25) is 0 Å². The fourth-order valence-electron chi connectivity index (χ4n) is 1.38. The predicted molar refractivity (Wildman–Crippen MR) is 55.0 cm³/mol. The number of likely N-dealkylation sites (N-methyl/N-ethyl adjacent to an activating group) is 1. The number of hydrogen-bond acceptors (Lipinski definition) is 2. The Hall–Kier alpha value is -1.16. The Morgan fingerprint density at radius 1 is 1.20 bits per heavy atom. The van der Waals surface area contributed by atoms with Crippen LogP contribution in [0.5, 0.6) is 5.75 Å². The molecule has 2 nitrogen and oxygen atoms in total. The number of benzene rings is 1. The Morgan fingerprint density at radius 2 is 1.73 bits per heavy atom. The fourth-order valence-corrected chi connectivity index (χ4v) is 1.38. The van der Waals surface area contributed by atoms with Crippen LogP contribution >= 0.6 is 0 Å². The highest BCUT2D eigenvalue weighted by Crippen LogP contribution is 2.16. The molecule has 1 aromatic rings. The zero-order chi connectivity index (χ0) is 11.4. The Labute approximate surface area is 88.5 Å². The van der Waals surface area contributed by atoms with E-state index in [2.05, 4.69) is 0 Å². The largest absolute Gasteiger partial charge is 0.489 e. The third-order valence-corrected chi connectivity index (χ3v) is 1.80. The Morgan fingerprint density at radius 3 is 2.20 bits per heavy atom. The van der Waals surface area contributed by atoms with Crippen LogP contribution < -0.4 is 4.74 Å². The van der Waals surface area contributed by atoms with E-state index in [1.807, 2.05) is 25.9 Å². The first kappa shape index (κ1) is 11.9. The first-order valence-corrected chi connectivity index (χ1v) is 4.75. The number of hydrogen-bond donors (Lipinski definition) is 0. The molecule has 0 aliphatic carbocycles. The van der Waals surface area contributed by atoms with Gasteiger partial charge >= 0.3 is 0 Å². The van der Waals surface area contributed by atoms with Gasteiger partial charge in [-0.1, -0.05) is 0 Å². The molecule has 4 heteroatoms. The first-order chi connectivity index (χ1) is 6.97. The highest BCUT2D eigenvalue weighted by molar-refractivity contribution is 5.23. The minimum Gasteiger partial charge on any atom is -0.489 e. The molecule has 0 spiro atoms. The van der Waals surface area contributed by atoms with E-state index in [9.17, 15) is 8.78 Å². The monoisotopic (exact) mass is 215 g/mol. The van der Waals surface area contributed by atoms with Gasteiger partial charge in [-0.3, -0.25) is 0 Å². The molecule has 0 fully saturated rings. The topological polar surface area (TPSA) is 12.5 Å². The van der Waals surface area contributed by atoms with Crippen molar-refractivity contribution in [3.05, 3.63) is 29.8 Å². The molecule has 0 aromatic heterocycles. The maximum atomic E-state index is 12.8. The van der Waals surface area contributed by atoms with E-state index in [1.165, 1.54) is 12.1 Å². The summed E-state index contributed by atoms with van der Waals surface area (Å²) < 4.78 is 31.0. The summed E-state index contributed by atoms with van der Waals surface area (Å²) in [6, 6.07) is 3.17. The lowest BCUT2D eigenvalue weighted by molar-refractivity contribution is 0.175. The van der Waals surface area contributed by atoms with Gasteiger partial charge in [-0.15, -0.1) is 0 Å². The Balaban J connectivity index is 2.63. The second kappa shape index (κ2) is 5.07. The van der Waals surface area contributed by atoms with Crippen molar-refractivity contribution < 1.29 is 13.5 Å². The summed E-state index contributed by atoms with van der Waals surface area (Å²) in [4.78, 5) is 1.94. The lowest BCUT2D eigenvalue weighted by Crippen LogP contribution is -2.28. The van der Waals surface area contributed by atoms with Gasteiger partial charge in [0.1, 0.15) is 23.5 Å². The molecule has 1 aromatic carbocycles. The minimum absolute atomic E-state index is 0.110. The normalized spacial score (nSPS) is 12.9. The molecule has 0 saturated carbocycles. The summed E-state index contributed by atoms with van der Waals surface area (Å²) in [5.74, 6) is -1.02. The maximum absolute atomic E-state index is 12.8. The molecule has 84 valence electrons. The predicted octanol–water partition coefficient (Wildman–Crippen LogP) is 2.29. The average molecular weight is 215 g/mol. The van der Waals surface area contributed by atoms with Gasteiger partial charge in [0, 0.05) is 24.7 Å². The minimum atomic E-state index is -0.623. The zero-order valence-electron chi connectivity index (χ0n) is 9.13. The third-order valence-electron chi connectivity index (χ3n) is 1.80. The zero-order valence-corrected chi connectivity index (χ0v) is 9.13. The van der Waals surface area contributed by atoms with Crippen LogP contribution in [0.15, 0.2) is 18.2 Å². The summed E-state index contributed by atoms with van der Waals surface area (Å²) in [6.07, 6.45) is -0.110. The molecule has 1 unspecified atom stereocenters. The van der Waals surface area contributed by atoms with Crippen LogP contribution in [0.1, 0.15) is 6.92 Å². The molecule has 0 radical (unpaired) electrons. The van der Waals surface area contributed by atoms with E-state index in [0.717, 1.165) is 6.07 Å². The number of halogens is 2. The summed E-state index contributed by atoms with van der Waals surface area (Å²) in [5.41, 5.74) is 0. The second-order valence-corrected chi connectivity index (χ2v) is 3.80. The summed E-state index contributed by atoms with van der Waals surface area (Å²) in [5, 5.41) is 0. The molecule has 0 saturated heterocycles. The SMILES string of the molecule is CC(CN(C)C)Oc1cc(F)cc(F)c1. The highest BCUT2D eigenvalue weighted by atomic mass is 19.1. The van der Waals surface area contributed by atoms with E-state index in [0.29, 0.717) is 6.54 Å². The maximum Gasteiger partial charge on any atom is 0.129 e. The molecular weight excluding hydrogens is 200 g/mol. The quantitative estimate of drug-likeness (QED) is 0.764. The molecule has 0 amide bonds. The van der Waals surface area contributed by atoms with Crippen molar-refractivity contribution in [2.45, 2.75) is 13.0 Å². The summed E-state index contributed by atoms with van der Waals surface area (Å²) in [6.45, 7) is 2.54. The molecule has 0 aliphatic rings. The number of nitrogens with zero attached hydrogens (tertiary/aromatic N) is 1. The lowest BCUT2D eigenvalue weighted by atomic mass is 10.3. The highest BCUT2D eigenvalue weighted by Gasteiger charge is 2.07. The van der Waals surface area contributed by atoms with Gasteiger partial charge in [0.25, 0.3) is 0 Å². The molecule has 0 aliphatic heterocycles. The summed E-state index contributed by atoms with van der Waals surface area (Å²) in [7, 11) is 3.82. The Kier molecular flexibility index (Phi) is 4.03. The van der Waals surface area contributed by atoms with Gasteiger partial charge in [0.05, 0.1) is 0 Å². The van der Waals surface area contributed by atoms with Gasteiger partial charge in [-0.2, -0.15) is 0 Å². The van der Waals surface area contributed by atoms with Gasteiger partial charge in [0.2, 0.25) is 0 Å². The van der Waals surface area contributed by atoms with Crippen LogP contribution in [0, 0.1) is 11.6 Å². The van der Waals surface area contributed by atoms with Crippen molar-refractivity contribution in [2.75, 3.05) is 20.6 Å². The molecule has 0 bridgehead atoms. The van der Waals surface area contributed by atoms with Crippen LogP contribution in [-0.4, -0.2) is 31.6 Å². The van der Waals surface area contributed by atoms with Gasteiger partial charge in [-0.05, 0) is 21.0 Å². The van der Waals surface area contributed by atoms with Gasteiger partial charge in [0.15, 0.2) is 0 Å². The molecule has 15 heavy (non-hydrogen) atoms. The molecule has 0 N–H and O–H groups in total. The van der Waals surface area contributed by atoms with Crippen LogP contribution in [0.3, 0.4) is 0 Å². The van der Waals surface area contributed by atoms with Crippen molar-refractivity contribution in [1.29, 1.82) is 0 Å². The van der Waals surface area contributed by atoms with E-state index in [1.54, 1.807) is 0 Å². The first-order valence-electron chi connectivity index (χ1n) is 4.75. The molecule has 1 rings (SSSR count). The van der Waals surface area contributed by atoms with E-state index < -0.39 is 11.6 Å². The van der Waals surface area contributed by atoms with Crippen LogP contribution in [0.25, 0.3) is 0 Å². The summed E-state index contributed by atoms with van der Waals surface area (Å²) >= 11 is 0. The standard InChI is InChI=1S/C11H15F2NO/c1-8(7-14(2)3)15-11-5-9(12)4-10(13)6-11/h4-6,8H,7H2,1-3H3. The third kappa shape index (κ3) is 4.25. The van der Waals surface area contributed by atoms with Gasteiger partial charge < -0.3 is 9.64 Å². The van der Waals surface area contributed by atoms with Crippen molar-refractivity contribution in [3.8, 4) is 5.75 Å². The fraction of sp³-hybridized carbons (Fsp3) is 0.455. The van der Waals surface area contributed by atoms with Crippen molar-refractivity contribution in [2.24, 2.45) is 0 Å². The van der Waals surface area contributed by atoms with Gasteiger partial charge in [-0.25, -0.2) is 8.78 Å². The molecule has 0 heterocycles. The average Bonchev–Trinajstić information content (AvgIpc) is 1.98. The second-order valence-electron chi connectivity index (χ2n) is 3.80. The van der Waals surface area contributed by atoms with Crippen molar-refractivity contribution in [1.82, 2.24) is 4.90 Å².